The summed E-state index contributed by atoms with van der Waals surface area (Å²) in [5.41, 5.74) is 3.17. The highest BCUT2D eigenvalue weighted by atomic mass is 35.5. The zero-order chi connectivity index (χ0) is 20.9. The normalized spacial score (nSPS) is 10.9. The average molecular weight is 439 g/mol. The lowest BCUT2D eigenvalue weighted by atomic mass is 10.2. The van der Waals surface area contributed by atoms with E-state index >= 15 is 0 Å². The van der Waals surface area contributed by atoms with E-state index in [9.17, 15) is 4.79 Å². The van der Waals surface area contributed by atoms with Crippen molar-refractivity contribution in [3.8, 4) is 5.69 Å². The van der Waals surface area contributed by atoms with Gasteiger partial charge in [0, 0.05) is 16.8 Å². The van der Waals surface area contributed by atoms with E-state index in [0.29, 0.717) is 22.5 Å². The number of amides is 1. The van der Waals surface area contributed by atoms with Gasteiger partial charge in [-0.25, -0.2) is 4.68 Å². The van der Waals surface area contributed by atoms with Gasteiger partial charge < -0.3 is 5.32 Å². The van der Waals surface area contributed by atoms with Gasteiger partial charge in [-0.1, -0.05) is 53.2 Å². The van der Waals surface area contributed by atoms with Crippen molar-refractivity contribution in [2.75, 3.05) is 11.1 Å². The first-order valence-corrected chi connectivity index (χ1v) is 10.6. The molecule has 0 spiro atoms. The third-order valence-electron chi connectivity index (χ3n) is 4.39. The number of thioether (sulfide) groups is 1. The van der Waals surface area contributed by atoms with E-state index in [2.05, 4.69) is 20.6 Å². The van der Waals surface area contributed by atoms with Crippen LogP contribution in [0.3, 0.4) is 0 Å². The summed E-state index contributed by atoms with van der Waals surface area (Å²) in [5.74, 6) is 0.698. The molecule has 0 fully saturated rings. The van der Waals surface area contributed by atoms with E-state index in [1.165, 1.54) is 17.3 Å². The first kappa shape index (κ1) is 20.2. The van der Waals surface area contributed by atoms with E-state index in [0.717, 1.165) is 11.3 Å². The molecule has 0 aliphatic rings. The lowest BCUT2D eigenvalue weighted by Crippen LogP contribution is -2.18. The Hall–Kier alpha value is -3.10. The Morgan fingerprint density at radius 3 is 2.63 bits per heavy atom. The lowest BCUT2D eigenvalue weighted by Gasteiger charge is -2.10. The molecule has 0 radical (unpaired) electrons. The molecule has 0 saturated heterocycles. The van der Waals surface area contributed by atoms with Crippen LogP contribution in [0.2, 0.25) is 5.02 Å². The molecule has 2 heterocycles. The largest absolute Gasteiger partial charge is 0.310 e. The number of aromatic nitrogens is 5. The molecule has 152 valence electrons. The summed E-state index contributed by atoms with van der Waals surface area (Å²) in [7, 11) is 0. The number of anilines is 1. The summed E-state index contributed by atoms with van der Waals surface area (Å²) in [6.45, 7) is 2.57. The third-order valence-corrected chi connectivity index (χ3v) is 5.59. The minimum Gasteiger partial charge on any atom is -0.310 e. The van der Waals surface area contributed by atoms with Gasteiger partial charge in [0.1, 0.15) is 12.1 Å². The van der Waals surface area contributed by atoms with Gasteiger partial charge in [-0.3, -0.25) is 9.36 Å². The van der Waals surface area contributed by atoms with Crippen LogP contribution in [0.15, 0.2) is 72.3 Å². The molecule has 0 aliphatic heterocycles. The van der Waals surface area contributed by atoms with E-state index in [-0.39, 0.29) is 11.7 Å². The van der Waals surface area contributed by atoms with Gasteiger partial charge in [-0.05, 0) is 36.8 Å². The van der Waals surface area contributed by atoms with E-state index < -0.39 is 0 Å². The SMILES string of the molecule is Cc1ccc(-n2cnnc2SCC(=O)Nc2ccnn2Cc2ccc(Cl)cc2)cc1. The van der Waals surface area contributed by atoms with Gasteiger partial charge in [0.15, 0.2) is 5.16 Å². The zero-order valence-electron chi connectivity index (χ0n) is 16.2. The Bertz CT molecular complexity index is 1140. The number of carbonyl (C=O) groups is 1. The number of rotatable bonds is 7. The zero-order valence-corrected chi connectivity index (χ0v) is 17.8. The number of nitrogens with one attached hydrogen (secondary N) is 1. The number of carbonyl (C=O) groups excluding carboxylic acids is 1. The van der Waals surface area contributed by atoms with Crippen LogP contribution in [-0.4, -0.2) is 36.2 Å². The van der Waals surface area contributed by atoms with Crippen molar-refractivity contribution in [3.05, 3.63) is 83.3 Å². The Morgan fingerprint density at radius 1 is 1.10 bits per heavy atom. The number of hydrogen-bond donors (Lipinski definition) is 1. The van der Waals surface area contributed by atoms with Crippen LogP contribution in [-0.2, 0) is 11.3 Å². The van der Waals surface area contributed by atoms with Crippen LogP contribution in [0.1, 0.15) is 11.1 Å². The van der Waals surface area contributed by atoms with E-state index in [1.807, 2.05) is 60.0 Å². The highest BCUT2D eigenvalue weighted by Crippen LogP contribution is 2.20. The number of halogens is 1. The van der Waals surface area contributed by atoms with Crippen molar-refractivity contribution < 1.29 is 4.79 Å². The fraction of sp³-hybridized carbons (Fsp3) is 0.143. The lowest BCUT2D eigenvalue weighted by molar-refractivity contribution is -0.113. The standard InChI is InChI=1S/C21H19ClN6OS/c1-15-2-8-18(9-3-15)27-14-23-26-21(27)30-13-20(29)25-19-10-11-24-28(19)12-16-4-6-17(22)7-5-16/h2-11,14H,12-13H2,1H3,(H,25,29). The second kappa shape index (κ2) is 9.15. The van der Waals surface area contributed by atoms with Gasteiger partial charge in [0.05, 0.1) is 18.5 Å². The minimum absolute atomic E-state index is 0.142. The second-order valence-corrected chi connectivity index (χ2v) is 8.04. The van der Waals surface area contributed by atoms with Crippen LogP contribution in [0.4, 0.5) is 5.82 Å². The first-order chi connectivity index (χ1) is 14.6. The molecule has 4 rings (SSSR count). The van der Waals surface area contributed by atoms with Crippen molar-refractivity contribution in [1.82, 2.24) is 24.5 Å². The minimum atomic E-state index is -0.142. The number of aryl methyl sites for hydroxylation is 1. The molecule has 0 atom stereocenters. The van der Waals surface area contributed by atoms with Crippen molar-refractivity contribution in [2.45, 2.75) is 18.6 Å². The maximum Gasteiger partial charge on any atom is 0.235 e. The topological polar surface area (TPSA) is 77.6 Å². The predicted octanol–water partition coefficient (Wildman–Crippen LogP) is 4.20. The van der Waals surface area contributed by atoms with Crippen molar-refractivity contribution in [1.29, 1.82) is 0 Å². The maximum absolute atomic E-state index is 12.5. The second-order valence-electron chi connectivity index (χ2n) is 6.66. The highest BCUT2D eigenvalue weighted by Gasteiger charge is 2.12. The number of nitrogens with zero attached hydrogens (tertiary/aromatic N) is 5. The first-order valence-electron chi connectivity index (χ1n) is 9.24. The van der Waals surface area contributed by atoms with Crippen molar-refractivity contribution >= 4 is 35.1 Å². The predicted molar refractivity (Wildman–Crippen MR) is 118 cm³/mol. The van der Waals surface area contributed by atoms with E-state index in [1.54, 1.807) is 23.3 Å². The third kappa shape index (κ3) is 4.90. The van der Waals surface area contributed by atoms with Gasteiger partial charge in [-0.2, -0.15) is 5.10 Å². The monoisotopic (exact) mass is 438 g/mol. The van der Waals surface area contributed by atoms with Crippen molar-refractivity contribution in [3.63, 3.8) is 0 Å². The summed E-state index contributed by atoms with van der Waals surface area (Å²) in [6, 6.07) is 17.4. The van der Waals surface area contributed by atoms with Gasteiger partial charge in [0.25, 0.3) is 0 Å². The molecule has 7 nitrogen and oxygen atoms in total. The van der Waals surface area contributed by atoms with Crippen LogP contribution in [0, 0.1) is 6.92 Å². The number of hydrogen-bond acceptors (Lipinski definition) is 5. The quantitative estimate of drug-likeness (QED) is 0.437. The van der Waals surface area contributed by atoms with Crippen LogP contribution < -0.4 is 5.32 Å². The van der Waals surface area contributed by atoms with Crippen LogP contribution in [0.5, 0.6) is 0 Å². The Kier molecular flexibility index (Phi) is 6.15. The molecule has 1 N–H and O–H groups in total. The van der Waals surface area contributed by atoms with Gasteiger partial charge >= 0.3 is 0 Å². The van der Waals surface area contributed by atoms with Crippen LogP contribution >= 0.6 is 23.4 Å². The molecule has 0 aliphatic carbocycles. The molecule has 2 aromatic carbocycles. The summed E-state index contributed by atoms with van der Waals surface area (Å²) < 4.78 is 3.60. The average Bonchev–Trinajstić information content (AvgIpc) is 3.38. The summed E-state index contributed by atoms with van der Waals surface area (Å²) >= 11 is 7.26. The molecule has 9 heteroatoms. The molecule has 0 bridgehead atoms. The van der Waals surface area contributed by atoms with Crippen molar-refractivity contribution in [2.24, 2.45) is 0 Å². The molecular weight excluding hydrogens is 420 g/mol. The Morgan fingerprint density at radius 2 is 1.87 bits per heavy atom. The highest BCUT2D eigenvalue weighted by molar-refractivity contribution is 7.99. The summed E-state index contributed by atoms with van der Waals surface area (Å²) in [6.07, 6.45) is 3.30. The van der Waals surface area contributed by atoms with E-state index in [4.69, 9.17) is 11.6 Å². The molecule has 2 aromatic heterocycles. The van der Waals surface area contributed by atoms with Gasteiger partial charge in [-0.15, -0.1) is 10.2 Å². The van der Waals surface area contributed by atoms with Crippen LogP contribution in [0.25, 0.3) is 5.69 Å². The fourth-order valence-corrected chi connectivity index (χ4v) is 3.70. The molecule has 1 amide bonds. The number of benzene rings is 2. The Labute approximate surface area is 183 Å². The summed E-state index contributed by atoms with van der Waals surface area (Å²) in [5, 5.41) is 16.7. The summed E-state index contributed by atoms with van der Waals surface area (Å²) in [4.78, 5) is 12.5. The molecular formula is C21H19ClN6OS. The van der Waals surface area contributed by atoms with Gasteiger partial charge in [0.2, 0.25) is 5.91 Å². The fourth-order valence-electron chi connectivity index (χ4n) is 2.84. The molecule has 4 aromatic rings. The smallest absolute Gasteiger partial charge is 0.235 e. The molecule has 0 unspecified atom stereocenters. The molecule has 30 heavy (non-hydrogen) atoms. The maximum atomic E-state index is 12.5. The Balaban J connectivity index is 1.38. The molecule has 0 saturated carbocycles.